The smallest absolute Gasteiger partial charge is 0.305 e. The van der Waals surface area contributed by atoms with E-state index in [9.17, 15) is 9.59 Å². The molecule has 0 amide bonds. The average Bonchev–Trinajstić information content (AvgIpc) is 2.91. The lowest BCUT2D eigenvalue weighted by molar-refractivity contribution is -0.144. The fourth-order valence-electron chi connectivity index (χ4n) is 5.15. The minimum absolute atomic E-state index is 0.116. The highest BCUT2D eigenvalue weighted by molar-refractivity contribution is 5.69. The van der Waals surface area contributed by atoms with Crippen LogP contribution in [-0.4, -0.2) is 39.4 Å². The van der Waals surface area contributed by atoms with Crippen molar-refractivity contribution in [2.45, 2.75) is 142 Å². The largest absolute Gasteiger partial charge is 0.496 e. The fraction of sp³-hybridized carbons (Fsp3) is 0.765. The van der Waals surface area contributed by atoms with Gasteiger partial charge in [-0.05, 0) is 61.5 Å². The van der Waals surface area contributed by atoms with Crippen LogP contribution in [0.4, 0.5) is 0 Å². The SMILES string of the molecule is CCCCCCOC(=O)CCCC(C)(C)c1cc(OC)c(C(C)(C)CCCC(=O)OCCCCCC)cc1OC. The Morgan fingerprint density at radius 1 is 0.600 bits per heavy atom. The van der Waals surface area contributed by atoms with Crippen molar-refractivity contribution in [1.82, 2.24) is 0 Å². The van der Waals surface area contributed by atoms with E-state index >= 15 is 0 Å². The van der Waals surface area contributed by atoms with Gasteiger partial charge in [0.1, 0.15) is 11.5 Å². The molecule has 0 radical (unpaired) electrons. The molecule has 0 aliphatic rings. The zero-order valence-corrected chi connectivity index (χ0v) is 26.9. The quantitative estimate of drug-likeness (QED) is 0.104. The maximum atomic E-state index is 12.2. The first-order chi connectivity index (χ1) is 19.0. The Labute approximate surface area is 244 Å². The third-order valence-corrected chi connectivity index (χ3v) is 7.87. The van der Waals surface area contributed by atoms with Crippen molar-refractivity contribution >= 4 is 11.9 Å². The Hall–Kier alpha value is -2.24. The van der Waals surface area contributed by atoms with Crippen LogP contribution in [0.2, 0.25) is 0 Å². The number of esters is 2. The lowest BCUT2D eigenvalue weighted by Gasteiger charge is -2.32. The standard InChI is InChI=1S/C34H58O6/c1-9-11-13-15-23-39-31(35)19-17-21-33(3,4)27-25-30(38-8)28(26-29(27)37-7)34(5,6)22-18-20-32(36)40-24-16-14-12-10-2/h25-26H,9-24H2,1-8H3. The van der Waals surface area contributed by atoms with Gasteiger partial charge in [0.2, 0.25) is 0 Å². The van der Waals surface area contributed by atoms with Gasteiger partial charge in [-0.15, -0.1) is 0 Å². The second-order valence-electron chi connectivity index (χ2n) is 12.3. The van der Waals surface area contributed by atoms with Gasteiger partial charge in [0.25, 0.3) is 0 Å². The van der Waals surface area contributed by atoms with Crippen molar-refractivity contribution < 1.29 is 28.5 Å². The van der Waals surface area contributed by atoms with E-state index in [0.29, 0.717) is 26.1 Å². The number of unbranched alkanes of at least 4 members (excludes halogenated alkanes) is 6. The van der Waals surface area contributed by atoms with Crippen LogP contribution >= 0.6 is 0 Å². The molecule has 0 atom stereocenters. The molecule has 0 fully saturated rings. The molecule has 6 nitrogen and oxygen atoms in total. The van der Waals surface area contributed by atoms with E-state index in [2.05, 4.69) is 53.7 Å². The van der Waals surface area contributed by atoms with Crippen LogP contribution in [0.1, 0.15) is 143 Å². The van der Waals surface area contributed by atoms with Crippen LogP contribution in [0.25, 0.3) is 0 Å². The monoisotopic (exact) mass is 562 g/mol. The van der Waals surface area contributed by atoms with Gasteiger partial charge >= 0.3 is 11.9 Å². The normalized spacial score (nSPS) is 11.8. The highest BCUT2D eigenvalue weighted by Crippen LogP contribution is 2.44. The fourth-order valence-corrected chi connectivity index (χ4v) is 5.15. The van der Waals surface area contributed by atoms with Crippen LogP contribution in [0.15, 0.2) is 12.1 Å². The van der Waals surface area contributed by atoms with E-state index < -0.39 is 0 Å². The third-order valence-electron chi connectivity index (χ3n) is 7.87. The Morgan fingerprint density at radius 2 is 0.975 bits per heavy atom. The summed E-state index contributed by atoms with van der Waals surface area (Å²) in [6, 6.07) is 4.18. The Kier molecular flexibility index (Phi) is 17.0. The summed E-state index contributed by atoms with van der Waals surface area (Å²) >= 11 is 0. The van der Waals surface area contributed by atoms with Gasteiger partial charge in [-0.2, -0.15) is 0 Å². The molecule has 230 valence electrons. The van der Waals surface area contributed by atoms with Crippen molar-refractivity contribution in [2.75, 3.05) is 27.4 Å². The molecule has 1 rings (SSSR count). The predicted octanol–water partition coefficient (Wildman–Crippen LogP) is 8.85. The van der Waals surface area contributed by atoms with Gasteiger partial charge in [0, 0.05) is 24.0 Å². The number of ether oxygens (including phenoxy) is 4. The first-order valence-corrected chi connectivity index (χ1v) is 15.6. The Morgan fingerprint density at radius 3 is 1.30 bits per heavy atom. The van der Waals surface area contributed by atoms with Crippen molar-refractivity contribution in [3.8, 4) is 11.5 Å². The van der Waals surface area contributed by atoms with E-state index in [1.807, 2.05) is 0 Å². The summed E-state index contributed by atoms with van der Waals surface area (Å²) in [6.45, 7) is 14.1. The van der Waals surface area contributed by atoms with Crippen LogP contribution < -0.4 is 9.47 Å². The summed E-state index contributed by atoms with van der Waals surface area (Å²) in [7, 11) is 3.40. The van der Waals surface area contributed by atoms with Gasteiger partial charge in [-0.25, -0.2) is 0 Å². The topological polar surface area (TPSA) is 71.1 Å². The molecule has 40 heavy (non-hydrogen) atoms. The maximum absolute atomic E-state index is 12.2. The first-order valence-electron chi connectivity index (χ1n) is 15.6. The highest BCUT2D eigenvalue weighted by Gasteiger charge is 2.31. The first kappa shape index (κ1) is 35.8. The summed E-state index contributed by atoms with van der Waals surface area (Å²) in [5, 5.41) is 0. The molecule has 0 aliphatic carbocycles. The van der Waals surface area contributed by atoms with E-state index in [1.165, 1.54) is 25.7 Å². The van der Waals surface area contributed by atoms with Gasteiger partial charge in [-0.1, -0.05) is 80.1 Å². The highest BCUT2D eigenvalue weighted by atomic mass is 16.5. The number of benzene rings is 1. The average molecular weight is 563 g/mol. The molecule has 0 saturated carbocycles. The van der Waals surface area contributed by atoms with Gasteiger partial charge in [0.15, 0.2) is 0 Å². The van der Waals surface area contributed by atoms with Crippen molar-refractivity contribution in [2.24, 2.45) is 0 Å². The lowest BCUT2D eigenvalue weighted by Crippen LogP contribution is -2.23. The predicted molar refractivity (Wildman–Crippen MR) is 164 cm³/mol. The van der Waals surface area contributed by atoms with Crippen molar-refractivity contribution in [1.29, 1.82) is 0 Å². The molecule has 0 bridgehead atoms. The second-order valence-corrected chi connectivity index (χ2v) is 12.3. The van der Waals surface area contributed by atoms with Gasteiger partial charge < -0.3 is 18.9 Å². The number of rotatable bonds is 22. The molecule has 0 aromatic heterocycles. The molecule has 0 spiro atoms. The molecule has 0 saturated heterocycles. The number of carbonyl (C=O) groups excluding carboxylic acids is 2. The summed E-state index contributed by atoms with van der Waals surface area (Å²) in [5.41, 5.74) is 1.68. The molecule has 0 heterocycles. The number of hydrogen-bond acceptors (Lipinski definition) is 6. The van der Waals surface area contributed by atoms with Crippen LogP contribution in [0, 0.1) is 0 Å². The van der Waals surface area contributed by atoms with Gasteiger partial charge in [-0.3, -0.25) is 9.59 Å². The molecule has 0 N–H and O–H groups in total. The Balaban J connectivity index is 2.78. The van der Waals surface area contributed by atoms with Crippen molar-refractivity contribution in [3.05, 3.63) is 23.3 Å². The third kappa shape index (κ3) is 13.0. The molecule has 0 aliphatic heterocycles. The summed E-state index contributed by atoms with van der Waals surface area (Å²) in [6.07, 6.45) is 12.8. The van der Waals surface area contributed by atoms with E-state index in [0.717, 1.165) is 74.0 Å². The Bertz CT molecular complexity index is 802. The minimum Gasteiger partial charge on any atom is -0.496 e. The van der Waals surface area contributed by atoms with E-state index in [1.54, 1.807) is 14.2 Å². The number of methoxy groups -OCH3 is 2. The van der Waals surface area contributed by atoms with E-state index in [4.69, 9.17) is 18.9 Å². The molecular weight excluding hydrogens is 504 g/mol. The summed E-state index contributed by atoms with van der Waals surface area (Å²) < 4.78 is 22.6. The molecule has 1 aromatic carbocycles. The van der Waals surface area contributed by atoms with Crippen LogP contribution in [0.3, 0.4) is 0 Å². The number of hydrogen-bond donors (Lipinski definition) is 0. The van der Waals surface area contributed by atoms with E-state index in [-0.39, 0.29) is 22.8 Å². The summed E-state index contributed by atoms with van der Waals surface area (Å²) in [4.78, 5) is 24.4. The van der Waals surface area contributed by atoms with Crippen molar-refractivity contribution in [3.63, 3.8) is 0 Å². The maximum Gasteiger partial charge on any atom is 0.305 e. The number of carbonyl (C=O) groups is 2. The molecule has 6 heteroatoms. The molecular formula is C34H58O6. The zero-order valence-electron chi connectivity index (χ0n) is 26.9. The van der Waals surface area contributed by atoms with Crippen LogP contribution in [-0.2, 0) is 29.9 Å². The molecule has 0 unspecified atom stereocenters. The summed E-state index contributed by atoms with van der Waals surface area (Å²) in [5.74, 6) is 1.40. The minimum atomic E-state index is -0.219. The second kappa shape index (κ2) is 19.0. The molecule has 1 aromatic rings. The van der Waals surface area contributed by atoms with Crippen LogP contribution in [0.5, 0.6) is 11.5 Å². The van der Waals surface area contributed by atoms with Gasteiger partial charge in [0.05, 0.1) is 27.4 Å². The zero-order chi connectivity index (χ0) is 30.0. The lowest BCUT2D eigenvalue weighted by atomic mass is 9.75.